The van der Waals surface area contributed by atoms with Gasteiger partial charge in [-0.1, -0.05) is 0 Å². The molecule has 0 aliphatic carbocycles. The number of primary amides is 1. The molecule has 3 aromatic rings. The van der Waals surface area contributed by atoms with Gasteiger partial charge in [-0.15, -0.1) is 0 Å². The molecule has 0 unspecified atom stereocenters. The summed E-state index contributed by atoms with van der Waals surface area (Å²) in [7, 11) is 0. The van der Waals surface area contributed by atoms with Crippen molar-refractivity contribution in [1.29, 1.82) is 0 Å². The number of amides is 3. The molecule has 152 valence electrons. The average molecular weight is 407 g/mol. The monoisotopic (exact) mass is 407 g/mol. The van der Waals surface area contributed by atoms with Crippen LogP contribution in [0.25, 0.3) is 11.3 Å². The fourth-order valence-corrected chi connectivity index (χ4v) is 3.37. The standard InChI is InChI=1S/C21H18FN5O3/c1-11-18(12-2-6-14(22)7-3-12)26-27-16(10-17(28)25-20(11)27)21(30)24-15-8-4-13(5-9-15)19(23)29/h2-9,16H,10H2,1H3,(H2,23,29)(H,24,30)(H,25,28)/t16-/m0/s1. The van der Waals surface area contributed by atoms with Crippen LogP contribution in [0.1, 0.15) is 28.4 Å². The molecule has 0 radical (unpaired) electrons. The van der Waals surface area contributed by atoms with Gasteiger partial charge in [0.1, 0.15) is 17.7 Å². The molecule has 2 aromatic carbocycles. The molecule has 1 aliphatic heterocycles. The van der Waals surface area contributed by atoms with E-state index in [0.29, 0.717) is 33.9 Å². The Morgan fingerprint density at radius 2 is 1.83 bits per heavy atom. The quantitative estimate of drug-likeness (QED) is 0.616. The van der Waals surface area contributed by atoms with Crippen LogP contribution in [0.5, 0.6) is 0 Å². The number of rotatable bonds is 4. The van der Waals surface area contributed by atoms with Crippen LogP contribution < -0.4 is 16.4 Å². The van der Waals surface area contributed by atoms with E-state index in [4.69, 9.17) is 5.73 Å². The summed E-state index contributed by atoms with van der Waals surface area (Å²) < 4.78 is 14.7. The van der Waals surface area contributed by atoms with E-state index in [9.17, 15) is 18.8 Å². The van der Waals surface area contributed by atoms with Gasteiger partial charge in [-0.25, -0.2) is 9.07 Å². The number of nitrogens with zero attached hydrogens (tertiary/aromatic N) is 2. The molecule has 1 aromatic heterocycles. The first-order valence-corrected chi connectivity index (χ1v) is 9.19. The Morgan fingerprint density at radius 3 is 2.47 bits per heavy atom. The van der Waals surface area contributed by atoms with Crippen LogP contribution in [-0.2, 0) is 9.59 Å². The lowest BCUT2D eigenvalue weighted by Crippen LogP contribution is -2.35. The molecule has 1 aliphatic rings. The van der Waals surface area contributed by atoms with Crippen molar-refractivity contribution >= 4 is 29.2 Å². The second-order valence-electron chi connectivity index (χ2n) is 6.97. The SMILES string of the molecule is Cc1c(-c2ccc(F)cc2)nn2c1NC(=O)C[C@H]2C(=O)Nc1ccc(C(N)=O)cc1. The third-order valence-electron chi connectivity index (χ3n) is 4.94. The average Bonchev–Trinajstić information content (AvgIpc) is 3.05. The van der Waals surface area contributed by atoms with Crippen LogP contribution in [0, 0.1) is 12.7 Å². The number of halogens is 1. The fourth-order valence-electron chi connectivity index (χ4n) is 3.37. The topological polar surface area (TPSA) is 119 Å². The Hall–Kier alpha value is -4.01. The van der Waals surface area contributed by atoms with Crippen molar-refractivity contribution in [1.82, 2.24) is 9.78 Å². The number of nitrogens with one attached hydrogen (secondary N) is 2. The van der Waals surface area contributed by atoms with E-state index in [-0.39, 0.29) is 18.1 Å². The molecular weight excluding hydrogens is 389 g/mol. The van der Waals surface area contributed by atoms with Gasteiger partial charge in [0.15, 0.2) is 0 Å². The summed E-state index contributed by atoms with van der Waals surface area (Å²) in [4.78, 5) is 36.3. The maximum absolute atomic E-state index is 13.3. The van der Waals surface area contributed by atoms with Crippen molar-refractivity contribution in [3.8, 4) is 11.3 Å². The van der Waals surface area contributed by atoms with Gasteiger partial charge >= 0.3 is 0 Å². The summed E-state index contributed by atoms with van der Waals surface area (Å²) in [5.41, 5.74) is 7.90. The molecule has 8 nitrogen and oxygen atoms in total. The van der Waals surface area contributed by atoms with Crippen molar-refractivity contribution in [2.24, 2.45) is 5.73 Å². The molecule has 0 fully saturated rings. The number of aromatic nitrogens is 2. The number of carbonyl (C=O) groups excluding carboxylic acids is 3. The predicted molar refractivity (Wildman–Crippen MR) is 108 cm³/mol. The van der Waals surface area contributed by atoms with Crippen LogP contribution in [0.2, 0.25) is 0 Å². The molecule has 0 spiro atoms. The molecule has 0 saturated heterocycles. The van der Waals surface area contributed by atoms with E-state index in [1.54, 1.807) is 31.2 Å². The lowest BCUT2D eigenvalue weighted by atomic mass is 10.1. The first-order chi connectivity index (χ1) is 14.3. The highest BCUT2D eigenvalue weighted by molar-refractivity contribution is 6.02. The number of hydrogen-bond donors (Lipinski definition) is 3. The summed E-state index contributed by atoms with van der Waals surface area (Å²) in [6, 6.07) is 11.1. The minimum Gasteiger partial charge on any atom is -0.366 e. The Balaban J connectivity index is 1.65. The van der Waals surface area contributed by atoms with E-state index >= 15 is 0 Å². The summed E-state index contributed by atoms with van der Waals surface area (Å²) in [5.74, 6) is -1.24. The molecule has 3 amide bonds. The normalized spacial score (nSPS) is 15.3. The summed E-state index contributed by atoms with van der Waals surface area (Å²) in [5, 5.41) is 10.0. The Morgan fingerprint density at radius 1 is 1.17 bits per heavy atom. The van der Waals surface area contributed by atoms with Crippen molar-refractivity contribution in [3.63, 3.8) is 0 Å². The molecular formula is C21H18FN5O3. The smallest absolute Gasteiger partial charge is 0.249 e. The summed E-state index contributed by atoms with van der Waals surface area (Å²) in [6.07, 6.45) is -0.0812. The third-order valence-corrected chi connectivity index (χ3v) is 4.94. The van der Waals surface area contributed by atoms with Crippen LogP contribution in [-0.4, -0.2) is 27.5 Å². The minimum atomic E-state index is -0.863. The highest BCUT2D eigenvalue weighted by Gasteiger charge is 2.34. The van der Waals surface area contributed by atoms with E-state index in [1.165, 1.54) is 28.9 Å². The van der Waals surface area contributed by atoms with Gasteiger partial charge in [0.05, 0.1) is 12.1 Å². The van der Waals surface area contributed by atoms with Gasteiger partial charge in [0, 0.05) is 22.4 Å². The molecule has 4 N–H and O–H groups in total. The third kappa shape index (κ3) is 3.52. The van der Waals surface area contributed by atoms with E-state index < -0.39 is 17.9 Å². The van der Waals surface area contributed by atoms with E-state index in [1.807, 2.05) is 0 Å². The first kappa shape index (κ1) is 19.3. The maximum Gasteiger partial charge on any atom is 0.249 e. The number of carbonyl (C=O) groups is 3. The van der Waals surface area contributed by atoms with Gasteiger partial charge in [-0.05, 0) is 55.5 Å². The zero-order chi connectivity index (χ0) is 21.4. The minimum absolute atomic E-state index is 0.0812. The van der Waals surface area contributed by atoms with Crippen molar-refractivity contribution in [2.75, 3.05) is 10.6 Å². The Bertz CT molecular complexity index is 1150. The Labute approximate surface area is 170 Å². The number of hydrogen-bond acceptors (Lipinski definition) is 4. The van der Waals surface area contributed by atoms with Gasteiger partial charge in [-0.2, -0.15) is 5.10 Å². The van der Waals surface area contributed by atoms with Gasteiger partial charge in [0.25, 0.3) is 0 Å². The van der Waals surface area contributed by atoms with Crippen molar-refractivity contribution < 1.29 is 18.8 Å². The number of fused-ring (bicyclic) bond motifs is 1. The zero-order valence-electron chi connectivity index (χ0n) is 16.0. The second-order valence-corrected chi connectivity index (χ2v) is 6.97. The van der Waals surface area contributed by atoms with Crippen molar-refractivity contribution in [2.45, 2.75) is 19.4 Å². The molecule has 1 atom stereocenters. The van der Waals surface area contributed by atoms with Gasteiger partial charge in [0.2, 0.25) is 17.7 Å². The van der Waals surface area contributed by atoms with Crippen LogP contribution in [0.4, 0.5) is 15.9 Å². The summed E-state index contributed by atoms with van der Waals surface area (Å²) in [6.45, 7) is 1.78. The van der Waals surface area contributed by atoms with Crippen LogP contribution >= 0.6 is 0 Å². The predicted octanol–water partition coefficient (Wildman–Crippen LogP) is 2.62. The fraction of sp³-hybridized carbons (Fsp3) is 0.143. The summed E-state index contributed by atoms with van der Waals surface area (Å²) >= 11 is 0. The van der Waals surface area contributed by atoms with Crippen LogP contribution in [0.3, 0.4) is 0 Å². The largest absolute Gasteiger partial charge is 0.366 e. The maximum atomic E-state index is 13.3. The number of benzene rings is 2. The van der Waals surface area contributed by atoms with Gasteiger partial charge in [-0.3, -0.25) is 14.4 Å². The lowest BCUT2D eigenvalue weighted by Gasteiger charge is -2.24. The lowest BCUT2D eigenvalue weighted by molar-refractivity contribution is -0.125. The molecule has 4 rings (SSSR count). The van der Waals surface area contributed by atoms with Gasteiger partial charge < -0.3 is 16.4 Å². The first-order valence-electron chi connectivity index (χ1n) is 9.19. The number of anilines is 2. The molecule has 30 heavy (non-hydrogen) atoms. The number of nitrogens with two attached hydrogens (primary N) is 1. The van der Waals surface area contributed by atoms with Crippen LogP contribution in [0.15, 0.2) is 48.5 Å². The highest BCUT2D eigenvalue weighted by Crippen LogP contribution is 2.34. The molecule has 0 saturated carbocycles. The molecule has 9 heteroatoms. The van der Waals surface area contributed by atoms with Crippen molar-refractivity contribution in [3.05, 3.63) is 65.5 Å². The van der Waals surface area contributed by atoms with E-state index in [2.05, 4.69) is 15.7 Å². The highest BCUT2D eigenvalue weighted by atomic mass is 19.1. The van der Waals surface area contributed by atoms with E-state index in [0.717, 1.165) is 0 Å². The second kappa shape index (κ2) is 7.43. The molecule has 0 bridgehead atoms. The Kier molecular flexibility index (Phi) is 4.78. The zero-order valence-corrected chi connectivity index (χ0v) is 16.0. The molecule has 2 heterocycles.